The first-order chi connectivity index (χ1) is 14.7. The number of hydrogen-bond acceptors (Lipinski definition) is 7. The van der Waals surface area contributed by atoms with Crippen molar-refractivity contribution in [3.05, 3.63) is 77.0 Å². The van der Waals surface area contributed by atoms with Crippen molar-refractivity contribution < 1.29 is 18.8 Å². The number of hydrogen-bond donors (Lipinski definition) is 1. The van der Waals surface area contributed by atoms with Crippen LogP contribution in [0.1, 0.15) is 21.8 Å². The van der Waals surface area contributed by atoms with Crippen LogP contribution < -0.4 is 14.8 Å². The molecule has 0 bridgehead atoms. The predicted octanol–water partition coefficient (Wildman–Crippen LogP) is 4.66. The third-order valence-corrected chi connectivity index (χ3v) is 5.30. The summed E-state index contributed by atoms with van der Waals surface area (Å²) in [6, 6.07) is 16.4. The van der Waals surface area contributed by atoms with Crippen molar-refractivity contribution in [3.8, 4) is 22.2 Å². The molecule has 1 N–H and O–H groups in total. The van der Waals surface area contributed by atoms with E-state index in [0.717, 1.165) is 10.4 Å². The van der Waals surface area contributed by atoms with Crippen LogP contribution in [0.2, 0.25) is 0 Å². The number of nitrogens with one attached hydrogen (secondary N) is 1. The zero-order valence-corrected chi connectivity index (χ0v) is 17.2. The lowest BCUT2D eigenvalue weighted by molar-refractivity contribution is 0.102. The van der Waals surface area contributed by atoms with Gasteiger partial charge in [0, 0.05) is 17.3 Å². The Bertz CT molecular complexity index is 1130. The molecule has 152 valence electrons. The van der Waals surface area contributed by atoms with Crippen LogP contribution in [-0.4, -0.2) is 30.3 Å². The van der Waals surface area contributed by atoms with E-state index in [2.05, 4.69) is 15.5 Å². The zero-order valence-electron chi connectivity index (χ0n) is 16.4. The van der Waals surface area contributed by atoms with E-state index in [4.69, 9.17) is 14.0 Å². The molecule has 7 nitrogen and oxygen atoms in total. The van der Waals surface area contributed by atoms with Gasteiger partial charge in [-0.05, 0) is 35.2 Å². The molecule has 0 saturated heterocycles. The molecule has 2 aromatic heterocycles. The maximum absolute atomic E-state index is 12.8. The summed E-state index contributed by atoms with van der Waals surface area (Å²) < 4.78 is 15.9. The Balaban J connectivity index is 1.54. The van der Waals surface area contributed by atoms with Gasteiger partial charge in [0.25, 0.3) is 5.91 Å². The van der Waals surface area contributed by atoms with Crippen molar-refractivity contribution in [1.82, 2.24) is 10.1 Å². The lowest BCUT2D eigenvalue weighted by Crippen LogP contribution is -2.13. The maximum atomic E-state index is 12.8. The second-order valence-corrected chi connectivity index (χ2v) is 7.33. The Morgan fingerprint density at radius 3 is 2.53 bits per heavy atom. The van der Waals surface area contributed by atoms with Gasteiger partial charge < -0.3 is 19.3 Å². The number of thiophene rings is 1. The quantitative estimate of drug-likeness (QED) is 0.467. The molecular formula is C22H19N3O4S. The van der Waals surface area contributed by atoms with Crippen LogP contribution in [0.3, 0.4) is 0 Å². The first kappa shape index (κ1) is 19.7. The van der Waals surface area contributed by atoms with E-state index in [0.29, 0.717) is 40.9 Å². The van der Waals surface area contributed by atoms with Gasteiger partial charge in [0.15, 0.2) is 0 Å². The number of aromatic nitrogens is 2. The molecule has 8 heteroatoms. The summed E-state index contributed by atoms with van der Waals surface area (Å²) in [4.78, 5) is 18.2. The smallest absolute Gasteiger partial charge is 0.255 e. The van der Waals surface area contributed by atoms with Crippen LogP contribution in [0.4, 0.5) is 5.69 Å². The summed E-state index contributed by atoms with van der Waals surface area (Å²) in [7, 11) is 3.08. The van der Waals surface area contributed by atoms with E-state index in [1.807, 2.05) is 41.8 Å². The molecule has 0 fully saturated rings. The van der Waals surface area contributed by atoms with Crippen molar-refractivity contribution in [2.45, 2.75) is 6.42 Å². The molecule has 0 aliphatic heterocycles. The Labute approximate surface area is 177 Å². The summed E-state index contributed by atoms with van der Waals surface area (Å²) in [5.41, 5.74) is 1.96. The standard InChI is InChI=1S/C22H19N3O4S/c1-27-16-10-15(11-17(13-16)28-2)22(26)23-18-7-4-3-6-14(18)12-20-24-21(25-29-20)19-8-5-9-30-19/h3-11,13H,12H2,1-2H3,(H,23,26). The molecule has 0 saturated carbocycles. The van der Waals surface area contributed by atoms with Gasteiger partial charge in [-0.25, -0.2) is 0 Å². The molecule has 2 aromatic carbocycles. The van der Waals surface area contributed by atoms with Crippen LogP contribution >= 0.6 is 11.3 Å². The van der Waals surface area contributed by atoms with Gasteiger partial charge >= 0.3 is 0 Å². The lowest BCUT2D eigenvalue weighted by Gasteiger charge is -2.11. The molecule has 0 unspecified atom stereocenters. The number of carbonyl (C=O) groups is 1. The van der Waals surface area contributed by atoms with Crippen molar-refractivity contribution in [1.29, 1.82) is 0 Å². The van der Waals surface area contributed by atoms with Gasteiger partial charge in [0.1, 0.15) is 11.5 Å². The highest BCUT2D eigenvalue weighted by molar-refractivity contribution is 7.13. The van der Waals surface area contributed by atoms with Crippen molar-refractivity contribution in [2.75, 3.05) is 19.5 Å². The second-order valence-electron chi connectivity index (χ2n) is 6.38. The van der Waals surface area contributed by atoms with Crippen molar-refractivity contribution in [3.63, 3.8) is 0 Å². The number of para-hydroxylation sites is 1. The number of benzene rings is 2. The fraction of sp³-hybridized carbons (Fsp3) is 0.136. The number of anilines is 1. The molecule has 0 radical (unpaired) electrons. The van der Waals surface area contributed by atoms with Gasteiger partial charge in [-0.3, -0.25) is 4.79 Å². The van der Waals surface area contributed by atoms with Gasteiger partial charge in [0.05, 0.1) is 25.5 Å². The molecule has 1 amide bonds. The largest absolute Gasteiger partial charge is 0.497 e. The highest BCUT2D eigenvalue weighted by Crippen LogP contribution is 2.26. The number of amides is 1. The van der Waals surface area contributed by atoms with Gasteiger partial charge in [0.2, 0.25) is 11.7 Å². The minimum atomic E-state index is -0.274. The molecule has 0 aliphatic carbocycles. The predicted molar refractivity (Wildman–Crippen MR) is 114 cm³/mol. The van der Waals surface area contributed by atoms with E-state index < -0.39 is 0 Å². The van der Waals surface area contributed by atoms with Crippen LogP contribution in [0, 0.1) is 0 Å². The Morgan fingerprint density at radius 1 is 1.07 bits per heavy atom. The molecular weight excluding hydrogens is 402 g/mol. The van der Waals surface area contributed by atoms with Gasteiger partial charge in [-0.2, -0.15) is 4.98 Å². The van der Waals surface area contributed by atoms with Gasteiger partial charge in [-0.15, -0.1) is 11.3 Å². The Kier molecular flexibility index (Phi) is 5.76. The van der Waals surface area contributed by atoms with Gasteiger partial charge in [-0.1, -0.05) is 29.4 Å². The van der Waals surface area contributed by atoms with Crippen LogP contribution in [0.5, 0.6) is 11.5 Å². The Morgan fingerprint density at radius 2 is 1.83 bits per heavy atom. The maximum Gasteiger partial charge on any atom is 0.255 e. The summed E-state index contributed by atoms with van der Waals surface area (Å²) >= 11 is 1.55. The highest BCUT2D eigenvalue weighted by Gasteiger charge is 2.15. The summed E-state index contributed by atoms with van der Waals surface area (Å²) in [5, 5.41) is 8.95. The van der Waals surface area contributed by atoms with Crippen molar-refractivity contribution >= 4 is 22.9 Å². The van der Waals surface area contributed by atoms with Crippen LogP contribution in [0.15, 0.2) is 64.5 Å². The molecule has 0 aliphatic rings. The molecule has 2 heterocycles. The first-order valence-corrected chi connectivity index (χ1v) is 10.0. The third kappa shape index (κ3) is 4.33. The SMILES string of the molecule is COc1cc(OC)cc(C(=O)Nc2ccccc2Cc2nc(-c3cccs3)no2)c1. The Hall–Kier alpha value is -3.65. The number of nitrogens with zero attached hydrogens (tertiary/aromatic N) is 2. The minimum absolute atomic E-state index is 0.274. The number of carbonyl (C=O) groups excluding carboxylic acids is 1. The molecule has 0 spiro atoms. The molecule has 4 aromatic rings. The summed E-state index contributed by atoms with van der Waals surface area (Å²) in [6.07, 6.45) is 0.399. The van der Waals surface area contributed by atoms with E-state index in [9.17, 15) is 4.79 Å². The monoisotopic (exact) mass is 421 g/mol. The first-order valence-electron chi connectivity index (χ1n) is 9.15. The molecule has 4 rings (SSSR count). The van der Waals surface area contributed by atoms with E-state index in [1.165, 1.54) is 0 Å². The highest BCUT2D eigenvalue weighted by atomic mass is 32.1. The van der Waals surface area contributed by atoms with Crippen LogP contribution in [-0.2, 0) is 6.42 Å². The number of ether oxygens (including phenoxy) is 2. The topological polar surface area (TPSA) is 86.5 Å². The van der Waals surface area contributed by atoms with E-state index in [1.54, 1.807) is 43.8 Å². The third-order valence-electron chi connectivity index (χ3n) is 4.43. The van der Waals surface area contributed by atoms with E-state index >= 15 is 0 Å². The average molecular weight is 421 g/mol. The second kappa shape index (κ2) is 8.79. The normalized spacial score (nSPS) is 10.6. The molecule has 0 atom stereocenters. The summed E-state index contributed by atoms with van der Waals surface area (Å²) in [5.74, 6) is 1.84. The molecule has 30 heavy (non-hydrogen) atoms. The summed E-state index contributed by atoms with van der Waals surface area (Å²) in [6.45, 7) is 0. The minimum Gasteiger partial charge on any atom is -0.497 e. The number of methoxy groups -OCH3 is 2. The average Bonchev–Trinajstić information content (AvgIpc) is 3.46. The zero-order chi connectivity index (χ0) is 20.9. The fourth-order valence-electron chi connectivity index (χ4n) is 2.92. The number of rotatable bonds is 7. The fourth-order valence-corrected chi connectivity index (χ4v) is 3.57. The van der Waals surface area contributed by atoms with Crippen molar-refractivity contribution in [2.24, 2.45) is 0 Å². The van der Waals surface area contributed by atoms with Crippen LogP contribution in [0.25, 0.3) is 10.7 Å². The lowest BCUT2D eigenvalue weighted by atomic mass is 10.1. The van der Waals surface area contributed by atoms with E-state index in [-0.39, 0.29) is 5.91 Å².